The summed E-state index contributed by atoms with van der Waals surface area (Å²) in [6, 6.07) is 65.6. The lowest BCUT2D eigenvalue weighted by Crippen LogP contribution is -2.28. The Morgan fingerprint density at radius 2 is 1.14 bits per heavy atom. The first kappa shape index (κ1) is 32.9. The number of para-hydroxylation sites is 1. The van der Waals surface area contributed by atoms with E-state index in [0.29, 0.717) is 17.2 Å². The van der Waals surface area contributed by atoms with Crippen LogP contribution >= 0.6 is 0 Å². The maximum Gasteiger partial charge on any atom is 0.178 e. The molecule has 7 aromatic carbocycles. The van der Waals surface area contributed by atoms with Crippen LogP contribution in [0.15, 0.2) is 205 Å². The number of pyridine rings is 1. The Bertz CT molecular complexity index is 2810. The third kappa shape index (κ3) is 5.31. The Labute approximate surface area is 331 Å². The van der Waals surface area contributed by atoms with Crippen molar-refractivity contribution in [2.24, 2.45) is 4.99 Å². The Hall–Kier alpha value is -7.50. The van der Waals surface area contributed by atoms with Crippen LogP contribution in [-0.2, 0) is 5.41 Å². The summed E-state index contributed by atoms with van der Waals surface area (Å²) in [5.41, 5.74) is 13.2. The monoisotopic (exact) mass is 733 g/mol. The lowest BCUT2D eigenvalue weighted by atomic mass is 9.68. The number of fused-ring (bicyclic) bond motifs is 6. The van der Waals surface area contributed by atoms with Crippen LogP contribution in [0.4, 0.5) is 0 Å². The van der Waals surface area contributed by atoms with Gasteiger partial charge in [-0.1, -0.05) is 164 Å². The molecule has 0 bridgehead atoms. The first-order chi connectivity index (χ1) is 28.3. The third-order valence-electron chi connectivity index (χ3n) is 11.3. The summed E-state index contributed by atoms with van der Waals surface area (Å²) in [5.74, 6) is 2.82. The molecule has 1 unspecified atom stereocenters. The minimum Gasteiger partial charge on any atom is -0.449 e. The molecule has 2 aliphatic heterocycles. The van der Waals surface area contributed by atoms with E-state index in [0.717, 1.165) is 56.2 Å². The van der Waals surface area contributed by atoms with Gasteiger partial charge in [-0.2, -0.15) is 0 Å². The average Bonchev–Trinajstić information content (AvgIpc) is 3.61. The normalized spacial score (nSPS) is 15.6. The van der Waals surface area contributed by atoms with Gasteiger partial charge in [-0.25, -0.2) is 0 Å². The zero-order valence-electron chi connectivity index (χ0n) is 30.8. The number of ether oxygens (including phenoxy) is 2. The maximum atomic E-state index is 7.13. The molecule has 57 heavy (non-hydrogen) atoms. The molecular formula is C52H35N3O2. The average molecular weight is 734 g/mol. The van der Waals surface area contributed by atoms with Gasteiger partial charge in [-0.15, -0.1) is 0 Å². The summed E-state index contributed by atoms with van der Waals surface area (Å²) in [6.45, 7) is 0. The van der Waals surface area contributed by atoms with Crippen LogP contribution in [0, 0.1) is 0 Å². The van der Waals surface area contributed by atoms with E-state index in [2.05, 4.69) is 156 Å². The molecule has 1 aliphatic carbocycles. The van der Waals surface area contributed by atoms with Crippen LogP contribution in [0.2, 0.25) is 0 Å². The predicted octanol–water partition coefficient (Wildman–Crippen LogP) is 12.1. The van der Waals surface area contributed by atoms with E-state index in [1.807, 2.05) is 48.5 Å². The number of nitrogens with zero attached hydrogens (tertiary/aromatic N) is 2. The molecule has 270 valence electrons. The van der Waals surface area contributed by atoms with Gasteiger partial charge in [0.05, 0.1) is 16.8 Å². The van der Waals surface area contributed by atoms with E-state index in [4.69, 9.17) is 14.5 Å². The summed E-state index contributed by atoms with van der Waals surface area (Å²) >= 11 is 0. The van der Waals surface area contributed by atoms with Crippen LogP contribution in [0.1, 0.15) is 45.2 Å². The highest BCUT2D eigenvalue weighted by Gasteiger charge is 2.48. The van der Waals surface area contributed by atoms with E-state index in [1.165, 1.54) is 22.3 Å². The lowest BCUT2D eigenvalue weighted by molar-refractivity contribution is 0.361. The first-order valence-electron chi connectivity index (χ1n) is 19.3. The first-order valence-corrected chi connectivity index (χ1v) is 19.3. The van der Waals surface area contributed by atoms with E-state index < -0.39 is 5.41 Å². The van der Waals surface area contributed by atoms with Crippen molar-refractivity contribution < 1.29 is 9.47 Å². The summed E-state index contributed by atoms with van der Waals surface area (Å²) < 4.78 is 13.9. The van der Waals surface area contributed by atoms with Gasteiger partial charge in [0.1, 0.15) is 6.17 Å². The Balaban J connectivity index is 0.994. The summed E-state index contributed by atoms with van der Waals surface area (Å²) in [5, 5.41) is 3.67. The molecule has 1 aromatic heterocycles. The predicted molar refractivity (Wildman–Crippen MR) is 227 cm³/mol. The number of benzene rings is 7. The number of aromatic nitrogens is 1. The SMILES string of the molecule is C1=C(c2ccc(-c3cccc4c3Oc3c(ccc5c3-c3ccccc3C5(c3ccccc3)c3ccccc3)O4)cc2)NC(c2ccccc2)N=C1c1ccccn1. The fraction of sp³-hybridized carbons (Fsp3) is 0.0385. The zero-order valence-corrected chi connectivity index (χ0v) is 30.8. The van der Waals surface area contributed by atoms with Crippen LogP contribution in [0.3, 0.4) is 0 Å². The van der Waals surface area contributed by atoms with Gasteiger partial charge < -0.3 is 14.8 Å². The van der Waals surface area contributed by atoms with Gasteiger partial charge in [-0.3, -0.25) is 9.98 Å². The summed E-state index contributed by atoms with van der Waals surface area (Å²) in [6.07, 6.45) is 3.64. The molecule has 0 amide bonds. The summed E-state index contributed by atoms with van der Waals surface area (Å²) in [7, 11) is 0. The Morgan fingerprint density at radius 3 is 1.88 bits per heavy atom. The van der Waals surface area contributed by atoms with Crippen molar-refractivity contribution >= 4 is 11.4 Å². The van der Waals surface area contributed by atoms with E-state index in [9.17, 15) is 0 Å². The lowest BCUT2D eigenvalue weighted by Gasteiger charge is -2.34. The van der Waals surface area contributed by atoms with E-state index >= 15 is 0 Å². The van der Waals surface area contributed by atoms with Crippen LogP contribution in [0.25, 0.3) is 28.0 Å². The molecule has 1 atom stereocenters. The van der Waals surface area contributed by atoms with E-state index in [1.54, 1.807) is 6.20 Å². The number of hydrogen-bond donors (Lipinski definition) is 1. The fourth-order valence-electron chi connectivity index (χ4n) is 8.79. The highest BCUT2D eigenvalue weighted by atomic mass is 16.6. The standard InChI is InChI=1S/C52H35N3O2/c1-4-15-36(16-5-1)51-54-44(33-45(55-51)43-24-12-13-32-53-43)35-28-26-34(27-29-35)39-22-14-25-46-49(39)57-50-47(56-46)31-30-42-48(50)40-21-10-11-23-41(40)52(42,37-17-6-2-7-18-37)38-19-8-3-9-20-38/h1-33,51,54H. The number of allylic oxidation sites excluding steroid dienone is 1. The molecular weight excluding hydrogens is 699 g/mol. The molecule has 0 spiro atoms. The summed E-state index contributed by atoms with van der Waals surface area (Å²) in [4.78, 5) is 9.66. The van der Waals surface area contributed by atoms with Crippen molar-refractivity contribution in [1.82, 2.24) is 10.3 Å². The molecule has 5 heteroatoms. The molecule has 3 heterocycles. The Kier molecular flexibility index (Phi) is 7.71. The Morgan fingerprint density at radius 1 is 0.491 bits per heavy atom. The molecule has 5 nitrogen and oxygen atoms in total. The number of aliphatic imine (C=N–C) groups is 1. The second-order valence-corrected chi connectivity index (χ2v) is 14.5. The van der Waals surface area contributed by atoms with Crippen molar-refractivity contribution in [3.8, 4) is 45.3 Å². The molecule has 0 saturated carbocycles. The topological polar surface area (TPSA) is 55.7 Å². The largest absolute Gasteiger partial charge is 0.449 e. The van der Waals surface area contributed by atoms with Crippen molar-refractivity contribution in [3.63, 3.8) is 0 Å². The number of nitrogens with one attached hydrogen (secondary N) is 1. The van der Waals surface area contributed by atoms with E-state index in [-0.39, 0.29) is 6.17 Å². The molecule has 0 saturated heterocycles. The second-order valence-electron chi connectivity index (χ2n) is 14.5. The second kappa shape index (κ2) is 13.4. The van der Waals surface area contributed by atoms with Crippen LogP contribution in [-0.4, -0.2) is 10.7 Å². The molecule has 0 fully saturated rings. The van der Waals surface area contributed by atoms with Gasteiger partial charge in [0.15, 0.2) is 23.0 Å². The highest BCUT2D eigenvalue weighted by Crippen LogP contribution is 2.62. The van der Waals surface area contributed by atoms with Crippen LogP contribution < -0.4 is 14.8 Å². The molecule has 3 aliphatic rings. The van der Waals surface area contributed by atoms with Crippen molar-refractivity contribution in [2.45, 2.75) is 11.6 Å². The van der Waals surface area contributed by atoms with Crippen molar-refractivity contribution in [1.29, 1.82) is 0 Å². The van der Waals surface area contributed by atoms with Gasteiger partial charge in [0.25, 0.3) is 0 Å². The quantitative estimate of drug-likeness (QED) is 0.185. The van der Waals surface area contributed by atoms with Gasteiger partial charge in [0, 0.05) is 23.0 Å². The zero-order chi connectivity index (χ0) is 37.8. The van der Waals surface area contributed by atoms with Gasteiger partial charge in [0.2, 0.25) is 0 Å². The molecule has 8 aromatic rings. The third-order valence-corrected chi connectivity index (χ3v) is 11.3. The fourth-order valence-corrected chi connectivity index (χ4v) is 8.79. The molecule has 0 radical (unpaired) electrons. The maximum absolute atomic E-state index is 7.13. The van der Waals surface area contributed by atoms with Crippen LogP contribution in [0.5, 0.6) is 23.0 Å². The van der Waals surface area contributed by atoms with Gasteiger partial charge >= 0.3 is 0 Å². The van der Waals surface area contributed by atoms with Crippen molar-refractivity contribution in [2.75, 3.05) is 0 Å². The minimum absolute atomic E-state index is 0.246. The molecule has 11 rings (SSSR count). The minimum atomic E-state index is -0.537. The van der Waals surface area contributed by atoms with Gasteiger partial charge in [-0.05, 0) is 74.8 Å². The number of hydrogen-bond acceptors (Lipinski definition) is 5. The van der Waals surface area contributed by atoms with Crippen molar-refractivity contribution in [3.05, 3.63) is 239 Å². The smallest absolute Gasteiger partial charge is 0.178 e. The number of rotatable bonds is 6. The highest BCUT2D eigenvalue weighted by molar-refractivity contribution is 6.12. The molecule has 1 N–H and O–H groups in total.